The van der Waals surface area contributed by atoms with Gasteiger partial charge in [-0.3, -0.25) is 0 Å². The first kappa shape index (κ1) is 11.9. The molecule has 3 aromatic rings. The summed E-state index contributed by atoms with van der Waals surface area (Å²) < 4.78 is 15.3. The Labute approximate surface area is 110 Å². The van der Waals surface area contributed by atoms with Gasteiger partial charge < -0.3 is 10.1 Å². The van der Waals surface area contributed by atoms with Crippen LogP contribution in [0, 0.1) is 12.7 Å². The fourth-order valence-electron chi connectivity index (χ4n) is 2.31. The molecule has 0 spiro atoms. The van der Waals surface area contributed by atoms with Crippen molar-refractivity contribution in [3.63, 3.8) is 0 Å². The average Bonchev–Trinajstić information content (AvgIpc) is 2.75. The molecule has 1 aromatic carbocycles. The van der Waals surface area contributed by atoms with E-state index in [9.17, 15) is 4.39 Å². The molecule has 0 unspecified atom stereocenters. The normalized spacial score (nSPS) is 11.1. The van der Waals surface area contributed by atoms with Crippen LogP contribution in [-0.2, 0) is 6.54 Å². The molecule has 2 N–H and O–H groups in total. The third-order valence-corrected chi connectivity index (χ3v) is 3.32. The van der Waals surface area contributed by atoms with E-state index in [1.807, 2.05) is 29.5 Å². The van der Waals surface area contributed by atoms with E-state index in [-0.39, 0.29) is 5.82 Å². The van der Waals surface area contributed by atoms with Crippen molar-refractivity contribution in [3.05, 3.63) is 59.9 Å². The number of rotatable bonds is 2. The van der Waals surface area contributed by atoms with E-state index < -0.39 is 0 Å². The number of hydrogen-bond acceptors (Lipinski definition) is 2. The number of nitrogens with zero attached hydrogens (tertiary/aromatic N) is 2. The van der Waals surface area contributed by atoms with Gasteiger partial charge in [0, 0.05) is 23.3 Å². The Morgan fingerprint density at radius 3 is 2.84 bits per heavy atom. The second-order valence-corrected chi connectivity index (χ2v) is 4.53. The number of aromatic nitrogens is 2. The summed E-state index contributed by atoms with van der Waals surface area (Å²) in [6.07, 6.45) is 1.76. The number of halogens is 1. The minimum atomic E-state index is -0.229. The largest absolute Gasteiger partial charge is 0.325 e. The molecule has 3 rings (SSSR count). The molecule has 3 nitrogen and oxygen atoms in total. The summed E-state index contributed by atoms with van der Waals surface area (Å²) in [5, 5.41) is 0. The lowest BCUT2D eigenvalue weighted by Crippen LogP contribution is -2.01. The van der Waals surface area contributed by atoms with Crippen molar-refractivity contribution in [2.45, 2.75) is 13.5 Å². The molecule has 96 valence electrons. The van der Waals surface area contributed by atoms with E-state index in [1.165, 1.54) is 6.07 Å². The van der Waals surface area contributed by atoms with E-state index in [0.29, 0.717) is 6.54 Å². The Morgan fingerprint density at radius 1 is 1.26 bits per heavy atom. The lowest BCUT2D eigenvalue weighted by Gasteiger charge is -2.02. The quantitative estimate of drug-likeness (QED) is 0.765. The van der Waals surface area contributed by atoms with Crippen LogP contribution in [0.5, 0.6) is 0 Å². The molecule has 2 heterocycles. The van der Waals surface area contributed by atoms with Crippen molar-refractivity contribution < 1.29 is 4.39 Å². The highest BCUT2D eigenvalue weighted by atomic mass is 19.1. The molecule has 0 saturated heterocycles. The highest BCUT2D eigenvalue weighted by molar-refractivity contribution is 5.73. The molecule has 4 heteroatoms. The monoisotopic (exact) mass is 255 g/mol. The van der Waals surface area contributed by atoms with Gasteiger partial charge in [-0.05, 0) is 36.8 Å². The highest BCUT2D eigenvalue weighted by Gasteiger charge is 2.09. The van der Waals surface area contributed by atoms with Crippen LogP contribution in [-0.4, -0.2) is 9.38 Å². The Bertz CT molecular complexity index is 746. The minimum absolute atomic E-state index is 0.229. The number of aryl methyl sites for hydroxylation is 1. The van der Waals surface area contributed by atoms with E-state index >= 15 is 0 Å². The topological polar surface area (TPSA) is 43.3 Å². The van der Waals surface area contributed by atoms with Crippen LogP contribution in [0.1, 0.15) is 11.4 Å². The molecule has 0 bridgehead atoms. The Balaban J connectivity index is 2.22. The van der Waals surface area contributed by atoms with Gasteiger partial charge in [0.15, 0.2) is 0 Å². The zero-order valence-corrected chi connectivity index (χ0v) is 10.6. The van der Waals surface area contributed by atoms with Gasteiger partial charge in [0.25, 0.3) is 0 Å². The first-order valence-corrected chi connectivity index (χ1v) is 6.11. The molecule has 0 fully saturated rings. The third-order valence-electron chi connectivity index (χ3n) is 3.32. The van der Waals surface area contributed by atoms with Crippen LogP contribution in [0.3, 0.4) is 0 Å². The van der Waals surface area contributed by atoms with Crippen molar-refractivity contribution in [1.29, 1.82) is 0 Å². The fraction of sp³-hybridized carbons (Fsp3) is 0.133. The fourth-order valence-corrected chi connectivity index (χ4v) is 2.31. The predicted molar refractivity (Wildman–Crippen MR) is 73.2 cm³/mol. The number of nitrogens with two attached hydrogens (primary N) is 1. The van der Waals surface area contributed by atoms with Gasteiger partial charge in [-0.2, -0.15) is 0 Å². The smallest absolute Gasteiger partial charge is 0.123 e. The molecular formula is C15H14FN3. The zero-order chi connectivity index (χ0) is 13.4. The van der Waals surface area contributed by atoms with Crippen molar-refractivity contribution in [1.82, 2.24) is 9.38 Å². The summed E-state index contributed by atoms with van der Waals surface area (Å²) in [7, 11) is 0. The number of fused-ring (bicyclic) bond motifs is 1. The van der Waals surface area contributed by atoms with Gasteiger partial charge >= 0.3 is 0 Å². The van der Waals surface area contributed by atoms with Gasteiger partial charge in [-0.15, -0.1) is 0 Å². The summed E-state index contributed by atoms with van der Waals surface area (Å²) in [4.78, 5) is 4.27. The third kappa shape index (κ3) is 2.00. The maximum absolute atomic E-state index is 13.3. The summed E-state index contributed by atoms with van der Waals surface area (Å²) in [5.74, 6) is -0.229. The number of benzene rings is 1. The lowest BCUT2D eigenvalue weighted by atomic mass is 10.1. The molecule has 0 radical (unpaired) electrons. The van der Waals surface area contributed by atoms with Gasteiger partial charge in [-0.1, -0.05) is 12.1 Å². The average molecular weight is 255 g/mol. The first-order valence-electron chi connectivity index (χ1n) is 6.11. The molecule has 0 aliphatic rings. The Kier molecular flexibility index (Phi) is 2.80. The molecule has 2 aromatic heterocycles. The zero-order valence-electron chi connectivity index (χ0n) is 10.6. The lowest BCUT2D eigenvalue weighted by molar-refractivity contribution is 0.628. The summed E-state index contributed by atoms with van der Waals surface area (Å²) in [6, 6.07) is 10.6. The molecule has 0 amide bonds. The molecule has 0 aliphatic carbocycles. The molecule has 0 atom stereocenters. The van der Waals surface area contributed by atoms with Gasteiger partial charge in [0.2, 0.25) is 0 Å². The SMILES string of the molecule is Cc1c(-c2cccc(F)c2)cc2cc(CN)ncn12. The van der Waals surface area contributed by atoms with Crippen LogP contribution >= 0.6 is 0 Å². The summed E-state index contributed by atoms with van der Waals surface area (Å²) in [5.41, 5.74) is 10.4. The van der Waals surface area contributed by atoms with E-state index in [2.05, 4.69) is 4.98 Å². The predicted octanol–water partition coefficient (Wildman–Crippen LogP) is 2.91. The summed E-state index contributed by atoms with van der Waals surface area (Å²) >= 11 is 0. The highest BCUT2D eigenvalue weighted by Crippen LogP contribution is 2.27. The minimum Gasteiger partial charge on any atom is -0.325 e. The van der Waals surface area contributed by atoms with Crippen LogP contribution in [0.4, 0.5) is 4.39 Å². The first-order chi connectivity index (χ1) is 9.19. The maximum Gasteiger partial charge on any atom is 0.123 e. The molecule has 0 aliphatic heterocycles. The number of hydrogen-bond donors (Lipinski definition) is 1. The second-order valence-electron chi connectivity index (χ2n) is 4.53. The maximum atomic E-state index is 13.3. The van der Waals surface area contributed by atoms with Gasteiger partial charge in [0.1, 0.15) is 5.82 Å². The summed E-state index contributed by atoms with van der Waals surface area (Å²) in [6.45, 7) is 2.41. The van der Waals surface area contributed by atoms with E-state index in [4.69, 9.17) is 5.73 Å². The second kappa shape index (κ2) is 4.48. The van der Waals surface area contributed by atoms with E-state index in [0.717, 1.165) is 28.0 Å². The van der Waals surface area contributed by atoms with Crippen LogP contribution in [0.15, 0.2) is 42.7 Å². The molecule has 0 saturated carbocycles. The van der Waals surface area contributed by atoms with Gasteiger partial charge in [0.05, 0.1) is 12.0 Å². The van der Waals surface area contributed by atoms with Crippen molar-refractivity contribution in [3.8, 4) is 11.1 Å². The van der Waals surface area contributed by atoms with Crippen molar-refractivity contribution in [2.75, 3.05) is 0 Å². The van der Waals surface area contributed by atoms with E-state index in [1.54, 1.807) is 18.5 Å². The van der Waals surface area contributed by atoms with Crippen molar-refractivity contribution >= 4 is 5.52 Å². The van der Waals surface area contributed by atoms with Gasteiger partial charge in [-0.25, -0.2) is 9.37 Å². The Morgan fingerprint density at radius 2 is 2.11 bits per heavy atom. The molecule has 19 heavy (non-hydrogen) atoms. The van der Waals surface area contributed by atoms with Crippen LogP contribution in [0.25, 0.3) is 16.6 Å². The molecular weight excluding hydrogens is 241 g/mol. The standard InChI is InChI=1S/C15H14FN3/c1-10-15(11-3-2-4-12(16)5-11)7-14-6-13(8-17)18-9-19(10)14/h2-7,9H,8,17H2,1H3. The van der Waals surface area contributed by atoms with Crippen LogP contribution in [0.2, 0.25) is 0 Å². The van der Waals surface area contributed by atoms with Crippen LogP contribution < -0.4 is 5.73 Å². The van der Waals surface area contributed by atoms with Crippen molar-refractivity contribution in [2.24, 2.45) is 5.73 Å². The Hall–Kier alpha value is -2.20.